The Labute approximate surface area is 114 Å². The van der Waals surface area contributed by atoms with Crippen molar-refractivity contribution in [1.82, 2.24) is 4.57 Å². The molecule has 1 heterocycles. The number of nitrogens with two attached hydrogens (primary N) is 1. The van der Waals surface area contributed by atoms with E-state index in [-0.39, 0.29) is 0 Å². The third-order valence-corrected chi connectivity index (χ3v) is 4.53. The maximum atomic E-state index is 5.97. The molecule has 1 aromatic heterocycles. The summed E-state index contributed by atoms with van der Waals surface area (Å²) in [5.41, 5.74) is 11.5. The van der Waals surface area contributed by atoms with E-state index in [0.717, 1.165) is 18.7 Å². The van der Waals surface area contributed by atoms with Crippen molar-refractivity contribution in [2.24, 2.45) is 12.8 Å². The van der Waals surface area contributed by atoms with Crippen LogP contribution in [0.3, 0.4) is 0 Å². The number of hydrogen-bond donors (Lipinski definition) is 1. The average Bonchev–Trinajstić information content (AvgIpc) is 2.74. The Hall–Kier alpha value is -1.48. The first-order valence-corrected chi connectivity index (χ1v) is 7.03. The van der Waals surface area contributed by atoms with Gasteiger partial charge in [-0.05, 0) is 43.4 Å². The summed E-state index contributed by atoms with van der Waals surface area (Å²) in [6, 6.07) is 4.23. The molecule has 1 aromatic carbocycles. The van der Waals surface area contributed by atoms with Gasteiger partial charge in [0.05, 0.1) is 12.6 Å². The van der Waals surface area contributed by atoms with Crippen molar-refractivity contribution < 1.29 is 4.74 Å². The zero-order valence-electron chi connectivity index (χ0n) is 12.0. The molecule has 3 heteroatoms. The number of hydrogen-bond acceptors (Lipinski definition) is 2. The molecule has 0 saturated heterocycles. The van der Waals surface area contributed by atoms with Crippen LogP contribution in [0.4, 0.5) is 0 Å². The molecule has 0 saturated carbocycles. The fraction of sp³-hybridized carbons (Fsp3) is 0.500. The number of rotatable bonds is 2. The summed E-state index contributed by atoms with van der Waals surface area (Å²) in [7, 11) is 3.90. The van der Waals surface area contributed by atoms with Gasteiger partial charge in [0.1, 0.15) is 5.75 Å². The molecule has 3 rings (SSSR count). The monoisotopic (exact) mass is 258 g/mol. The number of benzene rings is 1. The molecule has 19 heavy (non-hydrogen) atoms. The van der Waals surface area contributed by atoms with Gasteiger partial charge in [-0.1, -0.05) is 6.07 Å². The predicted molar refractivity (Wildman–Crippen MR) is 78.9 cm³/mol. The Balaban J connectivity index is 2.40. The number of ether oxygens (including phenoxy) is 1. The first-order valence-electron chi connectivity index (χ1n) is 7.03. The van der Waals surface area contributed by atoms with Crippen molar-refractivity contribution in [3.63, 3.8) is 0 Å². The molecule has 0 fully saturated rings. The van der Waals surface area contributed by atoms with E-state index in [9.17, 15) is 0 Å². The smallest absolute Gasteiger partial charge is 0.143 e. The zero-order valence-corrected chi connectivity index (χ0v) is 12.0. The van der Waals surface area contributed by atoms with Gasteiger partial charge in [0, 0.05) is 30.6 Å². The van der Waals surface area contributed by atoms with Gasteiger partial charge >= 0.3 is 0 Å². The molecule has 2 aromatic rings. The van der Waals surface area contributed by atoms with Gasteiger partial charge in [0.25, 0.3) is 0 Å². The molecule has 1 unspecified atom stereocenters. The summed E-state index contributed by atoms with van der Waals surface area (Å²) < 4.78 is 7.87. The van der Waals surface area contributed by atoms with E-state index in [0.29, 0.717) is 5.92 Å². The van der Waals surface area contributed by atoms with E-state index < -0.39 is 0 Å². The lowest BCUT2D eigenvalue weighted by Gasteiger charge is -2.23. The quantitative estimate of drug-likeness (QED) is 0.899. The molecule has 0 radical (unpaired) electrons. The molecule has 0 bridgehead atoms. The number of fused-ring (bicyclic) bond motifs is 3. The lowest BCUT2D eigenvalue weighted by Crippen LogP contribution is -2.20. The average molecular weight is 258 g/mol. The molecule has 3 nitrogen and oxygen atoms in total. The minimum absolute atomic E-state index is 0.491. The van der Waals surface area contributed by atoms with E-state index in [1.54, 1.807) is 7.11 Å². The van der Waals surface area contributed by atoms with Crippen molar-refractivity contribution in [3.8, 4) is 5.75 Å². The lowest BCUT2D eigenvalue weighted by molar-refractivity contribution is 0.417. The summed E-state index contributed by atoms with van der Waals surface area (Å²) >= 11 is 0. The third kappa shape index (κ3) is 1.68. The highest BCUT2D eigenvalue weighted by atomic mass is 16.5. The summed E-state index contributed by atoms with van der Waals surface area (Å²) in [5, 5.41) is 1.38. The molecule has 102 valence electrons. The second-order valence-corrected chi connectivity index (χ2v) is 5.56. The van der Waals surface area contributed by atoms with Crippen LogP contribution in [0.2, 0.25) is 0 Å². The lowest BCUT2D eigenvalue weighted by atomic mass is 9.86. The zero-order chi connectivity index (χ0) is 13.6. The summed E-state index contributed by atoms with van der Waals surface area (Å²) in [6.07, 6.45) is 3.61. The van der Waals surface area contributed by atoms with E-state index >= 15 is 0 Å². The van der Waals surface area contributed by atoms with Gasteiger partial charge in [-0.3, -0.25) is 0 Å². The topological polar surface area (TPSA) is 40.2 Å². The van der Waals surface area contributed by atoms with Crippen LogP contribution in [0.1, 0.15) is 35.6 Å². The third-order valence-electron chi connectivity index (χ3n) is 4.53. The van der Waals surface area contributed by atoms with Crippen LogP contribution < -0.4 is 10.5 Å². The van der Waals surface area contributed by atoms with Gasteiger partial charge in [0.15, 0.2) is 0 Å². The van der Waals surface area contributed by atoms with Crippen LogP contribution in [0, 0.1) is 6.92 Å². The van der Waals surface area contributed by atoms with E-state index in [4.69, 9.17) is 10.5 Å². The van der Waals surface area contributed by atoms with E-state index in [1.165, 1.54) is 40.6 Å². The van der Waals surface area contributed by atoms with Crippen molar-refractivity contribution in [2.75, 3.05) is 13.7 Å². The first-order chi connectivity index (χ1) is 9.19. The molecular weight excluding hydrogens is 236 g/mol. The fourth-order valence-electron chi connectivity index (χ4n) is 3.67. The molecule has 0 spiro atoms. The number of nitrogens with zero attached hydrogens (tertiary/aromatic N) is 1. The largest absolute Gasteiger partial charge is 0.495 e. The van der Waals surface area contributed by atoms with Crippen LogP contribution in [0.15, 0.2) is 12.1 Å². The minimum atomic E-state index is 0.491. The second kappa shape index (κ2) is 4.57. The highest BCUT2D eigenvalue weighted by Crippen LogP contribution is 2.41. The Kier molecular flexibility index (Phi) is 3.02. The Bertz CT molecular complexity index is 627. The van der Waals surface area contributed by atoms with Crippen LogP contribution in [0.25, 0.3) is 10.9 Å². The second-order valence-electron chi connectivity index (χ2n) is 5.56. The predicted octanol–water partition coefficient (Wildman–Crippen LogP) is 2.87. The fourth-order valence-corrected chi connectivity index (χ4v) is 3.67. The van der Waals surface area contributed by atoms with Gasteiger partial charge in [-0.2, -0.15) is 0 Å². The molecule has 0 aliphatic heterocycles. The Morgan fingerprint density at radius 2 is 2.21 bits per heavy atom. The first kappa shape index (κ1) is 12.5. The highest BCUT2D eigenvalue weighted by molar-refractivity contribution is 5.93. The van der Waals surface area contributed by atoms with Gasteiger partial charge in [-0.25, -0.2) is 0 Å². The molecule has 0 amide bonds. The molecular formula is C16H22N2O. The van der Waals surface area contributed by atoms with Crippen LogP contribution in [-0.4, -0.2) is 18.2 Å². The SMILES string of the molecule is COc1ccc(C)c2c3c(n(C)c12)C(CN)CCC3. The summed E-state index contributed by atoms with van der Waals surface area (Å²) in [4.78, 5) is 0. The Morgan fingerprint density at radius 3 is 2.89 bits per heavy atom. The summed E-state index contributed by atoms with van der Waals surface area (Å²) in [5.74, 6) is 1.46. The van der Waals surface area contributed by atoms with Crippen LogP contribution in [-0.2, 0) is 13.5 Å². The van der Waals surface area contributed by atoms with Crippen LogP contribution >= 0.6 is 0 Å². The molecule has 2 N–H and O–H groups in total. The number of methoxy groups -OCH3 is 1. The van der Waals surface area contributed by atoms with Crippen LogP contribution in [0.5, 0.6) is 5.75 Å². The van der Waals surface area contributed by atoms with E-state index in [1.807, 2.05) is 0 Å². The number of aryl methyl sites for hydroxylation is 3. The van der Waals surface area contributed by atoms with Crippen molar-refractivity contribution in [1.29, 1.82) is 0 Å². The molecule has 1 aliphatic rings. The maximum Gasteiger partial charge on any atom is 0.143 e. The van der Waals surface area contributed by atoms with Crippen molar-refractivity contribution >= 4 is 10.9 Å². The summed E-state index contributed by atoms with van der Waals surface area (Å²) in [6.45, 7) is 2.92. The maximum absolute atomic E-state index is 5.97. The Morgan fingerprint density at radius 1 is 1.42 bits per heavy atom. The highest BCUT2D eigenvalue weighted by Gasteiger charge is 2.27. The number of aromatic nitrogens is 1. The normalized spacial score (nSPS) is 18.6. The van der Waals surface area contributed by atoms with Gasteiger partial charge in [0.2, 0.25) is 0 Å². The minimum Gasteiger partial charge on any atom is -0.495 e. The molecule has 1 atom stereocenters. The van der Waals surface area contributed by atoms with Gasteiger partial charge in [-0.15, -0.1) is 0 Å². The standard InChI is InChI=1S/C16H22N2O/c1-10-7-8-13(19-3)16-14(10)12-6-4-5-11(9-17)15(12)18(16)2/h7-8,11H,4-6,9,17H2,1-3H3. The van der Waals surface area contributed by atoms with Crippen molar-refractivity contribution in [2.45, 2.75) is 32.1 Å². The van der Waals surface area contributed by atoms with Crippen molar-refractivity contribution in [3.05, 3.63) is 29.0 Å². The van der Waals surface area contributed by atoms with Gasteiger partial charge < -0.3 is 15.0 Å². The molecule has 1 aliphatic carbocycles. The van der Waals surface area contributed by atoms with E-state index in [2.05, 4.69) is 30.7 Å².